The Hall–Kier alpha value is -2.33. The number of carbonyl (C=O) groups is 2. The first kappa shape index (κ1) is 18.0. The summed E-state index contributed by atoms with van der Waals surface area (Å²) in [7, 11) is 0. The minimum atomic E-state index is -0.567. The van der Waals surface area contributed by atoms with Crippen LogP contribution in [0.3, 0.4) is 0 Å². The SMILES string of the molecule is O=C(CNC(=O)c1ccco1)NN=Cc1cc(Br)c(O)c(Br)c1O. The van der Waals surface area contributed by atoms with Crippen LogP contribution in [0.25, 0.3) is 0 Å². The maximum absolute atomic E-state index is 11.6. The second-order valence-corrected chi connectivity index (χ2v) is 6.06. The number of benzene rings is 1. The van der Waals surface area contributed by atoms with Crippen molar-refractivity contribution < 1.29 is 24.2 Å². The van der Waals surface area contributed by atoms with Crippen LogP contribution in [-0.2, 0) is 4.79 Å². The standard InChI is InChI=1S/C14H11Br2N3O5/c15-8-4-7(12(21)11(16)13(8)22)5-18-19-10(20)6-17-14(23)9-2-1-3-24-9/h1-5,21-22H,6H2,(H,17,23)(H,19,20). The van der Waals surface area contributed by atoms with E-state index >= 15 is 0 Å². The van der Waals surface area contributed by atoms with Crippen LogP contribution in [-0.4, -0.2) is 34.8 Å². The monoisotopic (exact) mass is 459 g/mol. The summed E-state index contributed by atoms with van der Waals surface area (Å²) in [5.41, 5.74) is 2.45. The molecule has 2 amide bonds. The molecule has 24 heavy (non-hydrogen) atoms. The van der Waals surface area contributed by atoms with Crippen LogP contribution in [0.15, 0.2) is 42.9 Å². The van der Waals surface area contributed by atoms with E-state index in [-0.39, 0.29) is 33.8 Å². The summed E-state index contributed by atoms with van der Waals surface area (Å²) in [6.07, 6.45) is 2.54. The number of aromatic hydroxyl groups is 2. The summed E-state index contributed by atoms with van der Waals surface area (Å²) in [6, 6.07) is 4.44. The lowest BCUT2D eigenvalue weighted by Gasteiger charge is -2.06. The van der Waals surface area contributed by atoms with E-state index in [1.807, 2.05) is 0 Å². The van der Waals surface area contributed by atoms with Crippen molar-refractivity contribution in [3.05, 3.63) is 44.7 Å². The number of hydrazone groups is 1. The highest BCUT2D eigenvalue weighted by atomic mass is 79.9. The first-order valence-corrected chi connectivity index (χ1v) is 8.02. The van der Waals surface area contributed by atoms with E-state index < -0.39 is 11.8 Å². The van der Waals surface area contributed by atoms with Crippen LogP contribution >= 0.6 is 31.9 Å². The van der Waals surface area contributed by atoms with Gasteiger partial charge in [0.2, 0.25) is 0 Å². The van der Waals surface area contributed by atoms with E-state index in [0.717, 1.165) is 0 Å². The van der Waals surface area contributed by atoms with Gasteiger partial charge in [0.1, 0.15) is 16.0 Å². The minimum absolute atomic E-state index is 0.0926. The van der Waals surface area contributed by atoms with Crippen molar-refractivity contribution in [2.75, 3.05) is 6.54 Å². The number of hydrogen-bond acceptors (Lipinski definition) is 6. The van der Waals surface area contributed by atoms with Gasteiger partial charge in [-0.15, -0.1) is 0 Å². The summed E-state index contributed by atoms with van der Waals surface area (Å²) >= 11 is 6.14. The molecule has 0 atom stereocenters. The number of carbonyl (C=O) groups excluding carboxylic acids is 2. The molecule has 0 fully saturated rings. The van der Waals surface area contributed by atoms with Gasteiger partial charge in [-0.2, -0.15) is 5.10 Å². The average molecular weight is 461 g/mol. The molecule has 2 aromatic rings. The molecule has 10 heteroatoms. The van der Waals surface area contributed by atoms with Gasteiger partial charge in [-0.25, -0.2) is 5.43 Å². The Bertz CT molecular complexity index is 790. The Morgan fingerprint density at radius 2 is 2.04 bits per heavy atom. The number of nitrogens with zero attached hydrogens (tertiary/aromatic N) is 1. The number of nitrogens with one attached hydrogen (secondary N) is 2. The molecule has 1 heterocycles. The summed E-state index contributed by atoms with van der Waals surface area (Å²) < 4.78 is 5.31. The van der Waals surface area contributed by atoms with Crippen molar-refractivity contribution in [1.82, 2.24) is 10.7 Å². The second kappa shape index (κ2) is 7.97. The van der Waals surface area contributed by atoms with Gasteiger partial charge in [-0.05, 0) is 50.1 Å². The zero-order valence-electron chi connectivity index (χ0n) is 11.9. The molecule has 0 saturated heterocycles. The van der Waals surface area contributed by atoms with Crippen molar-refractivity contribution >= 4 is 49.9 Å². The van der Waals surface area contributed by atoms with Crippen LogP contribution in [0.5, 0.6) is 11.5 Å². The lowest BCUT2D eigenvalue weighted by atomic mass is 10.2. The van der Waals surface area contributed by atoms with Crippen LogP contribution in [0.4, 0.5) is 0 Å². The van der Waals surface area contributed by atoms with E-state index in [2.05, 4.69) is 47.7 Å². The maximum atomic E-state index is 11.6. The lowest BCUT2D eigenvalue weighted by molar-refractivity contribution is -0.120. The third-order valence-corrected chi connectivity index (χ3v) is 4.10. The van der Waals surface area contributed by atoms with Crippen LogP contribution in [0.1, 0.15) is 16.1 Å². The highest BCUT2D eigenvalue weighted by Crippen LogP contribution is 2.40. The Balaban J connectivity index is 1.90. The molecule has 0 unspecified atom stereocenters. The van der Waals surface area contributed by atoms with Crippen molar-refractivity contribution in [3.8, 4) is 11.5 Å². The highest BCUT2D eigenvalue weighted by molar-refractivity contribution is 9.11. The molecule has 4 N–H and O–H groups in total. The van der Waals surface area contributed by atoms with Crippen molar-refractivity contribution in [2.24, 2.45) is 5.10 Å². The van der Waals surface area contributed by atoms with Gasteiger partial charge in [0.05, 0.1) is 23.5 Å². The predicted molar refractivity (Wildman–Crippen MR) is 91.9 cm³/mol. The molecule has 0 saturated carbocycles. The van der Waals surface area contributed by atoms with E-state index in [1.165, 1.54) is 24.6 Å². The molecular weight excluding hydrogens is 450 g/mol. The van der Waals surface area contributed by atoms with Gasteiger partial charge < -0.3 is 19.9 Å². The number of hydrogen-bond donors (Lipinski definition) is 4. The molecule has 1 aromatic carbocycles. The zero-order chi connectivity index (χ0) is 17.7. The van der Waals surface area contributed by atoms with Gasteiger partial charge >= 0.3 is 0 Å². The van der Waals surface area contributed by atoms with Crippen molar-refractivity contribution in [1.29, 1.82) is 0 Å². The number of phenolic OH excluding ortho intramolecular Hbond substituents is 2. The van der Waals surface area contributed by atoms with E-state index in [9.17, 15) is 19.8 Å². The molecule has 0 bridgehead atoms. The highest BCUT2D eigenvalue weighted by Gasteiger charge is 2.13. The van der Waals surface area contributed by atoms with Crippen LogP contribution in [0.2, 0.25) is 0 Å². The number of furan rings is 1. The molecule has 0 radical (unpaired) electrons. The Morgan fingerprint density at radius 1 is 1.29 bits per heavy atom. The summed E-state index contributed by atoms with van der Waals surface area (Å²) in [6.45, 7) is -0.300. The maximum Gasteiger partial charge on any atom is 0.287 e. The van der Waals surface area contributed by atoms with E-state index in [0.29, 0.717) is 4.47 Å². The first-order chi connectivity index (χ1) is 11.4. The lowest BCUT2D eigenvalue weighted by Crippen LogP contribution is -2.34. The largest absolute Gasteiger partial charge is 0.506 e. The Kier molecular flexibility index (Phi) is 5.99. The van der Waals surface area contributed by atoms with Crippen LogP contribution in [0, 0.1) is 0 Å². The van der Waals surface area contributed by atoms with E-state index in [1.54, 1.807) is 6.07 Å². The fraction of sp³-hybridized carbons (Fsp3) is 0.0714. The zero-order valence-corrected chi connectivity index (χ0v) is 15.1. The number of halogens is 2. The number of rotatable bonds is 5. The molecule has 0 aliphatic rings. The molecule has 2 rings (SSSR count). The topological polar surface area (TPSA) is 124 Å². The smallest absolute Gasteiger partial charge is 0.287 e. The second-order valence-electron chi connectivity index (χ2n) is 4.41. The van der Waals surface area contributed by atoms with E-state index in [4.69, 9.17) is 4.42 Å². The number of phenols is 2. The summed E-state index contributed by atoms with van der Waals surface area (Å²) in [5, 5.41) is 25.5. The van der Waals surface area contributed by atoms with Gasteiger partial charge in [-0.3, -0.25) is 9.59 Å². The quantitative estimate of drug-likeness (QED) is 0.401. The first-order valence-electron chi connectivity index (χ1n) is 6.43. The fourth-order valence-electron chi connectivity index (χ4n) is 1.58. The molecule has 0 aliphatic heterocycles. The third kappa shape index (κ3) is 4.36. The third-order valence-electron chi connectivity index (χ3n) is 2.75. The predicted octanol–water partition coefficient (Wildman–Crippen LogP) is 2.10. The van der Waals surface area contributed by atoms with Gasteiger partial charge in [-0.1, -0.05) is 0 Å². The molecule has 0 aliphatic carbocycles. The average Bonchev–Trinajstić information content (AvgIpc) is 3.10. The Labute approximate surface area is 152 Å². The minimum Gasteiger partial charge on any atom is -0.506 e. The molecule has 0 spiro atoms. The fourth-order valence-corrected chi connectivity index (χ4v) is 2.74. The normalized spacial score (nSPS) is 10.8. The summed E-state index contributed by atoms with van der Waals surface area (Å²) in [4.78, 5) is 23.2. The van der Waals surface area contributed by atoms with Gasteiger partial charge in [0.15, 0.2) is 5.76 Å². The molecular formula is C14H11Br2N3O5. The Morgan fingerprint density at radius 3 is 2.71 bits per heavy atom. The van der Waals surface area contributed by atoms with Crippen molar-refractivity contribution in [2.45, 2.75) is 0 Å². The van der Waals surface area contributed by atoms with Gasteiger partial charge in [0.25, 0.3) is 11.8 Å². The molecule has 1 aromatic heterocycles. The summed E-state index contributed by atoms with van der Waals surface area (Å²) in [5.74, 6) is -1.39. The van der Waals surface area contributed by atoms with Gasteiger partial charge in [0, 0.05) is 5.56 Å². The molecule has 8 nitrogen and oxygen atoms in total. The van der Waals surface area contributed by atoms with Crippen molar-refractivity contribution in [3.63, 3.8) is 0 Å². The number of amides is 2. The molecule has 126 valence electrons. The van der Waals surface area contributed by atoms with Crippen LogP contribution < -0.4 is 10.7 Å².